The van der Waals surface area contributed by atoms with Crippen LogP contribution in [0.3, 0.4) is 0 Å². The number of benzene rings is 1. The molecule has 0 radical (unpaired) electrons. The largest absolute Gasteiger partial charge is 0.384 e. The molecular formula is C22H25N5O2. The van der Waals surface area contributed by atoms with Gasteiger partial charge in [0.15, 0.2) is 5.82 Å². The van der Waals surface area contributed by atoms with Crippen molar-refractivity contribution in [1.29, 1.82) is 0 Å². The lowest BCUT2D eigenvalue weighted by atomic mass is 9.89. The fraction of sp³-hybridized carbons (Fsp3) is 0.364. The Morgan fingerprint density at radius 2 is 1.76 bits per heavy atom. The molecule has 3 heterocycles. The molecule has 1 atom stereocenters. The minimum absolute atomic E-state index is 0.162. The van der Waals surface area contributed by atoms with Crippen LogP contribution in [0.1, 0.15) is 26.3 Å². The third-order valence-corrected chi connectivity index (χ3v) is 5.20. The van der Waals surface area contributed by atoms with E-state index >= 15 is 0 Å². The molecule has 3 aromatic rings. The average molecular weight is 391 g/mol. The van der Waals surface area contributed by atoms with Gasteiger partial charge in [0.25, 0.3) is 0 Å². The Labute approximate surface area is 169 Å². The van der Waals surface area contributed by atoms with Gasteiger partial charge in [0, 0.05) is 36.5 Å². The Morgan fingerprint density at radius 3 is 2.45 bits per heavy atom. The zero-order valence-corrected chi connectivity index (χ0v) is 16.9. The lowest BCUT2D eigenvalue weighted by Crippen LogP contribution is -2.52. The molecule has 1 aromatic carbocycles. The van der Waals surface area contributed by atoms with Crippen LogP contribution < -0.4 is 10.6 Å². The minimum Gasteiger partial charge on any atom is -0.384 e. The molecule has 0 saturated carbocycles. The molecule has 0 saturated heterocycles. The number of aromatic nitrogens is 4. The van der Waals surface area contributed by atoms with Crippen molar-refractivity contribution in [1.82, 2.24) is 19.5 Å². The van der Waals surface area contributed by atoms with Crippen molar-refractivity contribution in [2.75, 3.05) is 18.0 Å². The SMILES string of the molecule is CC1(C)CN(CC(C)(O)c2ccccc2)c2nc(-c3ccncc3)nc(=O)n2C1. The summed E-state index contributed by atoms with van der Waals surface area (Å²) in [6.07, 6.45) is 3.30. The van der Waals surface area contributed by atoms with Crippen LogP contribution in [0, 0.1) is 5.41 Å². The van der Waals surface area contributed by atoms with Crippen LogP contribution in [-0.2, 0) is 12.1 Å². The standard InChI is InChI=1S/C22H25N5O2/c1-21(2)13-26(15-22(3,29)17-7-5-4-6-8-17)19-24-18(16-9-11-23-12-10-16)25-20(28)27(19)14-21/h4-12,29H,13-15H2,1-3H3. The summed E-state index contributed by atoms with van der Waals surface area (Å²) >= 11 is 0. The fourth-order valence-corrected chi connectivity index (χ4v) is 3.88. The van der Waals surface area contributed by atoms with Crippen molar-refractivity contribution in [3.05, 3.63) is 70.9 Å². The van der Waals surface area contributed by atoms with E-state index in [4.69, 9.17) is 4.98 Å². The van der Waals surface area contributed by atoms with Crippen LogP contribution in [0.4, 0.5) is 5.95 Å². The molecule has 150 valence electrons. The highest BCUT2D eigenvalue weighted by molar-refractivity contribution is 5.55. The van der Waals surface area contributed by atoms with E-state index in [1.807, 2.05) is 35.2 Å². The Bertz CT molecular complexity index is 1060. The second-order valence-electron chi connectivity index (χ2n) is 8.61. The predicted octanol–water partition coefficient (Wildman–Crippen LogP) is 2.45. The van der Waals surface area contributed by atoms with Crippen molar-refractivity contribution >= 4 is 5.95 Å². The summed E-state index contributed by atoms with van der Waals surface area (Å²) in [5.41, 5.74) is -0.0395. The van der Waals surface area contributed by atoms with Gasteiger partial charge in [-0.25, -0.2) is 4.79 Å². The highest BCUT2D eigenvalue weighted by atomic mass is 16.3. The van der Waals surface area contributed by atoms with Gasteiger partial charge in [-0.05, 0) is 24.6 Å². The Kier molecular flexibility index (Phi) is 4.70. The third-order valence-electron chi connectivity index (χ3n) is 5.20. The first-order valence-electron chi connectivity index (χ1n) is 9.67. The van der Waals surface area contributed by atoms with Crippen LogP contribution in [0.5, 0.6) is 0 Å². The third kappa shape index (κ3) is 3.91. The van der Waals surface area contributed by atoms with Crippen molar-refractivity contribution in [2.24, 2.45) is 5.41 Å². The second-order valence-corrected chi connectivity index (χ2v) is 8.61. The molecule has 7 nitrogen and oxygen atoms in total. The Hall–Kier alpha value is -3.06. The molecule has 2 aromatic heterocycles. The maximum absolute atomic E-state index is 12.8. The van der Waals surface area contributed by atoms with Crippen LogP contribution in [0.2, 0.25) is 0 Å². The normalized spacial score (nSPS) is 17.4. The summed E-state index contributed by atoms with van der Waals surface area (Å²) in [5.74, 6) is 0.903. The summed E-state index contributed by atoms with van der Waals surface area (Å²) in [5, 5.41) is 11.2. The minimum atomic E-state index is -1.10. The maximum atomic E-state index is 12.8. The first-order valence-corrected chi connectivity index (χ1v) is 9.67. The molecule has 0 bridgehead atoms. The van der Waals surface area contributed by atoms with Gasteiger partial charge < -0.3 is 10.0 Å². The second kappa shape index (κ2) is 7.08. The van der Waals surface area contributed by atoms with Crippen molar-refractivity contribution in [3.63, 3.8) is 0 Å². The average Bonchev–Trinajstić information content (AvgIpc) is 2.69. The Balaban J connectivity index is 1.78. The molecule has 4 rings (SSSR count). The number of anilines is 1. The number of hydrogen-bond donors (Lipinski definition) is 1. The smallest absolute Gasteiger partial charge is 0.352 e. The summed E-state index contributed by atoms with van der Waals surface area (Å²) in [7, 11) is 0. The first-order chi connectivity index (χ1) is 13.8. The molecule has 0 fully saturated rings. The zero-order valence-electron chi connectivity index (χ0n) is 16.9. The van der Waals surface area contributed by atoms with E-state index in [1.54, 1.807) is 36.0 Å². The van der Waals surface area contributed by atoms with E-state index in [0.29, 0.717) is 31.4 Å². The monoisotopic (exact) mass is 391 g/mol. The number of hydrogen-bond acceptors (Lipinski definition) is 6. The van der Waals surface area contributed by atoms with E-state index in [-0.39, 0.29) is 11.1 Å². The lowest BCUT2D eigenvalue weighted by Gasteiger charge is -2.42. The summed E-state index contributed by atoms with van der Waals surface area (Å²) < 4.78 is 1.61. The Morgan fingerprint density at radius 1 is 1.07 bits per heavy atom. The molecule has 7 heteroatoms. The van der Waals surface area contributed by atoms with E-state index in [0.717, 1.165) is 11.1 Å². The van der Waals surface area contributed by atoms with Gasteiger partial charge in [-0.2, -0.15) is 9.97 Å². The fourth-order valence-electron chi connectivity index (χ4n) is 3.88. The van der Waals surface area contributed by atoms with E-state index in [2.05, 4.69) is 23.8 Å². The molecule has 1 aliphatic heterocycles. The molecule has 0 amide bonds. The number of fused-ring (bicyclic) bond motifs is 1. The molecule has 0 spiro atoms. The van der Waals surface area contributed by atoms with Crippen LogP contribution in [-0.4, -0.2) is 37.7 Å². The highest BCUT2D eigenvalue weighted by Gasteiger charge is 2.36. The van der Waals surface area contributed by atoms with Crippen LogP contribution in [0.15, 0.2) is 59.7 Å². The van der Waals surface area contributed by atoms with Gasteiger partial charge in [0.1, 0.15) is 5.60 Å². The molecule has 1 N–H and O–H groups in total. The molecule has 1 unspecified atom stereocenters. The quantitative estimate of drug-likeness (QED) is 0.735. The maximum Gasteiger partial charge on any atom is 0.352 e. The van der Waals surface area contributed by atoms with E-state index < -0.39 is 5.60 Å². The molecule has 0 aliphatic carbocycles. The first kappa shape index (κ1) is 19.3. The molecule has 1 aliphatic rings. The molecular weight excluding hydrogens is 366 g/mol. The van der Waals surface area contributed by atoms with Crippen molar-refractivity contribution in [2.45, 2.75) is 32.9 Å². The van der Waals surface area contributed by atoms with Gasteiger partial charge >= 0.3 is 5.69 Å². The van der Waals surface area contributed by atoms with Gasteiger partial charge in [-0.3, -0.25) is 9.55 Å². The van der Waals surface area contributed by atoms with Gasteiger partial charge in [0.2, 0.25) is 5.95 Å². The topological polar surface area (TPSA) is 84.1 Å². The van der Waals surface area contributed by atoms with Crippen LogP contribution >= 0.6 is 0 Å². The summed E-state index contributed by atoms with van der Waals surface area (Å²) in [4.78, 5) is 27.7. The number of aliphatic hydroxyl groups is 1. The predicted molar refractivity (Wildman–Crippen MR) is 112 cm³/mol. The zero-order chi connectivity index (χ0) is 20.6. The number of rotatable bonds is 4. The number of pyridine rings is 1. The van der Waals surface area contributed by atoms with Crippen molar-refractivity contribution < 1.29 is 5.11 Å². The summed E-state index contributed by atoms with van der Waals surface area (Å²) in [6, 6.07) is 13.1. The van der Waals surface area contributed by atoms with Gasteiger partial charge in [-0.1, -0.05) is 44.2 Å². The van der Waals surface area contributed by atoms with Gasteiger partial charge in [0.05, 0.1) is 6.54 Å². The number of β-amino-alcohol motifs (C(OH)–C–C–N with tert-alkyl or cyclic N) is 1. The lowest BCUT2D eigenvalue weighted by molar-refractivity contribution is 0.0599. The van der Waals surface area contributed by atoms with E-state index in [9.17, 15) is 9.90 Å². The van der Waals surface area contributed by atoms with Crippen molar-refractivity contribution in [3.8, 4) is 11.4 Å². The molecule has 29 heavy (non-hydrogen) atoms. The summed E-state index contributed by atoms with van der Waals surface area (Å²) in [6.45, 7) is 7.50. The highest BCUT2D eigenvalue weighted by Crippen LogP contribution is 2.32. The van der Waals surface area contributed by atoms with E-state index in [1.165, 1.54) is 0 Å². The van der Waals surface area contributed by atoms with Gasteiger partial charge in [-0.15, -0.1) is 0 Å². The van der Waals surface area contributed by atoms with Crippen LogP contribution in [0.25, 0.3) is 11.4 Å². The number of nitrogens with zero attached hydrogens (tertiary/aromatic N) is 5.